The number of nitrogens with zero attached hydrogens (tertiary/aromatic N) is 1. The maximum atomic E-state index is 5.86. The highest BCUT2D eigenvalue weighted by molar-refractivity contribution is 7.13. The summed E-state index contributed by atoms with van der Waals surface area (Å²) in [6.07, 6.45) is 3.47. The molecule has 2 aromatic rings. The lowest BCUT2D eigenvalue weighted by Crippen LogP contribution is -2.63. The molecule has 3 atom stereocenters. The van der Waals surface area contributed by atoms with Crippen LogP contribution in [0.5, 0.6) is 0 Å². The second-order valence-electron chi connectivity index (χ2n) is 6.60. The van der Waals surface area contributed by atoms with Crippen molar-refractivity contribution in [3.05, 3.63) is 35.8 Å². The first-order valence-corrected chi connectivity index (χ1v) is 8.42. The molecule has 3 unspecified atom stereocenters. The minimum atomic E-state index is 0.217. The number of nitrogens with one attached hydrogen (secondary N) is 1. The fourth-order valence-electron chi connectivity index (χ4n) is 3.87. The second-order valence-corrected chi connectivity index (χ2v) is 7.50. The topological polar surface area (TPSA) is 34.2 Å². The van der Waals surface area contributed by atoms with Crippen molar-refractivity contribution in [2.75, 3.05) is 11.9 Å². The molecule has 1 N–H and O–H groups in total. The molecule has 2 aliphatic rings. The zero-order valence-electron chi connectivity index (χ0n) is 12.4. The van der Waals surface area contributed by atoms with Crippen LogP contribution in [0, 0.1) is 11.3 Å². The summed E-state index contributed by atoms with van der Waals surface area (Å²) in [6, 6.07) is 9.13. The van der Waals surface area contributed by atoms with Gasteiger partial charge in [-0.3, -0.25) is 0 Å². The summed E-state index contributed by atoms with van der Waals surface area (Å²) >= 11 is 1.68. The van der Waals surface area contributed by atoms with E-state index in [1.165, 1.54) is 17.7 Å². The van der Waals surface area contributed by atoms with Crippen LogP contribution in [0.15, 0.2) is 35.8 Å². The third-order valence-corrected chi connectivity index (χ3v) is 5.81. The Balaban J connectivity index is 1.50. The first kappa shape index (κ1) is 13.3. The first-order chi connectivity index (χ1) is 10.2. The van der Waals surface area contributed by atoms with Gasteiger partial charge in [-0.05, 0) is 30.7 Å². The highest BCUT2D eigenvalue weighted by Crippen LogP contribution is 2.53. The molecule has 1 saturated heterocycles. The maximum Gasteiger partial charge on any atom is 0.123 e. The Hall–Kier alpha value is -1.39. The van der Waals surface area contributed by atoms with E-state index in [1.54, 1.807) is 11.3 Å². The quantitative estimate of drug-likeness (QED) is 0.929. The smallest absolute Gasteiger partial charge is 0.123 e. The molecule has 2 heterocycles. The van der Waals surface area contributed by atoms with E-state index < -0.39 is 0 Å². The average Bonchev–Trinajstić information content (AvgIpc) is 3.16. The lowest BCUT2D eigenvalue weighted by molar-refractivity contribution is -0.0923. The summed E-state index contributed by atoms with van der Waals surface area (Å²) in [6.45, 7) is 5.53. The Morgan fingerprint density at radius 3 is 2.81 bits per heavy atom. The Kier molecular flexibility index (Phi) is 3.05. The fourth-order valence-corrected chi connectivity index (χ4v) is 4.52. The summed E-state index contributed by atoms with van der Waals surface area (Å²) in [5.74, 6) is 0.665. The number of benzene rings is 1. The molecule has 4 rings (SSSR count). The van der Waals surface area contributed by atoms with Crippen LogP contribution in [-0.2, 0) is 4.74 Å². The second kappa shape index (κ2) is 4.82. The van der Waals surface area contributed by atoms with Gasteiger partial charge < -0.3 is 10.1 Å². The summed E-state index contributed by atoms with van der Waals surface area (Å²) in [5, 5.41) is 6.81. The third kappa shape index (κ3) is 2.09. The first-order valence-electron chi connectivity index (χ1n) is 7.54. The minimum Gasteiger partial charge on any atom is -0.381 e. The number of ether oxygens (including phenoxy) is 1. The van der Waals surface area contributed by atoms with Crippen molar-refractivity contribution in [3.8, 4) is 10.6 Å². The number of rotatable bonds is 3. The number of hydrogen-bond donors (Lipinski definition) is 1. The molecule has 1 aromatic carbocycles. The van der Waals surface area contributed by atoms with Gasteiger partial charge in [-0.2, -0.15) is 0 Å². The van der Waals surface area contributed by atoms with Crippen LogP contribution in [0.25, 0.3) is 10.6 Å². The van der Waals surface area contributed by atoms with E-state index in [2.05, 4.69) is 48.4 Å². The molecular formula is C17H20N2OS. The van der Waals surface area contributed by atoms with Crippen LogP contribution in [0.1, 0.15) is 20.3 Å². The zero-order valence-corrected chi connectivity index (χ0v) is 13.2. The molecule has 0 spiro atoms. The zero-order chi connectivity index (χ0) is 14.4. The van der Waals surface area contributed by atoms with Crippen molar-refractivity contribution in [2.24, 2.45) is 11.3 Å². The van der Waals surface area contributed by atoms with Gasteiger partial charge in [0.1, 0.15) is 5.01 Å². The summed E-state index contributed by atoms with van der Waals surface area (Å²) < 4.78 is 5.86. The molecule has 2 fully saturated rings. The van der Waals surface area contributed by atoms with Gasteiger partial charge >= 0.3 is 0 Å². The normalized spacial score (nSPS) is 29.7. The molecular weight excluding hydrogens is 280 g/mol. The Bertz CT molecular complexity index is 621. The molecule has 1 saturated carbocycles. The molecule has 0 radical (unpaired) electrons. The summed E-state index contributed by atoms with van der Waals surface area (Å²) in [7, 11) is 0. The van der Waals surface area contributed by atoms with Gasteiger partial charge in [0.05, 0.1) is 6.10 Å². The highest BCUT2D eigenvalue weighted by Gasteiger charge is 2.59. The SMILES string of the molecule is CC1(C)C(Nc2ccc(-c3nccs3)cc2)C2CCOC21. The fraction of sp³-hybridized carbons (Fsp3) is 0.471. The number of fused-ring (bicyclic) bond motifs is 1. The predicted octanol–water partition coefficient (Wildman–Crippen LogP) is 4.04. The third-order valence-electron chi connectivity index (χ3n) is 4.99. The van der Waals surface area contributed by atoms with E-state index in [9.17, 15) is 0 Å². The van der Waals surface area contributed by atoms with Gasteiger partial charge in [0, 0.05) is 46.8 Å². The van der Waals surface area contributed by atoms with E-state index in [-0.39, 0.29) is 5.41 Å². The van der Waals surface area contributed by atoms with E-state index >= 15 is 0 Å². The van der Waals surface area contributed by atoms with E-state index in [4.69, 9.17) is 4.74 Å². The van der Waals surface area contributed by atoms with Crippen molar-refractivity contribution in [1.82, 2.24) is 4.98 Å². The van der Waals surface area contributed by atoms with Gasteiger partial charge in [-0.25, -0.2) is 4.98 Å². The van der Waals surface area contributed by atoms with Gasteiger partial charge in [-0.1, -0.05) is 13.8 Å². The van der Waals surface area contributed by atoms with Gasteiger partial charge in [0.2, 0.25) is 0 Å². The van der Waals surface area contributed by atoms with Crippen molar-refractivity contribution < 1.29 is 4.74 Å². The minimum absolute atomic E-state index is 0.217. The van der Waals surface area contributed by atoms with Crippen LogP contribution in [0.4, 0.5) is 5.69 Å². The van der Waals surface area contributed by atoms with Crippen LogP contribution < -0.4 is 5.32 Å². The molecule has 1 aromatic heterocycles. The Morgan fingerprint density at radius 1 is 1.29 bits per heavy atom. The molecule has 0 bridgehead atoms. The van der Waals surface area contributed by atoms with Gasteiger partial charge in [0.15, 0.2) is 0 Å². The van der Waals surface area contributed by atoms with Crippen molar-refractivity contribution >= 4 is 17.0 Å². The number of aromatic nitrogens is 1. The highest BCUT2D eigenvalue weighted by atomic mass is 32.1. The molecule has 0 amide bonds. The monoisotopic (exact) mass is 300 g/mol. The largest absolute Gasteiger partial charge is 0.381 e. The average molecular weight is 300 g/mol. The van der Waals surface area contributed by atoms with Crippen LogP contribution >= 0.6 is 11.3 Å². The van der Waals surface area contributed by atoms with Gasteiger partial charge in [0.25, 0.3) is 0 Å². The molecule has 1 aliphatic heterocycles. The van der Waals surface area contributed by atoms with E-state index in [1.807, 2.05) is 11.6 Å². The predicted molar refractivity (Wildman–Crippen MR) is 86.6 cm³/mol. The molecule has 1 aliphatic carbocycles. The molecule has 3 nitrogen and oxygen atoms in total. The van der Waals surface area contributed by atoms with E-state index in [0.29, 0.717) is 18.1 Å². The number of anilines is 1. The molecule has 4 heteroatoms. The lowest BCUT2D eigenvalue weighted by atomic mass is 9.57. The van der Waals surface area contributed by atoms with Crippen LogP contribution in [-0.4, -0.2) is 23.7 Å². The van der Waals surface area contributed by atoms with Crippen molar-refractivity contribution in [1.29, 1.82) is 0 Å². The maximum absolute atomic E-state index is 5.86. The van der Waals surface area contributed by atoms with Crippen LogP contribution in [0.2, 0.25) is 0 Å². The molecule has 110 valence electrons. The van der Waals surface area contributed by atoms with E-state index in [0.717, 1.165) is 11.6 Å². The van der Waals surface area contributed by atoms with Crippen molar-refractivity contribution in [3.63, 3.8) is 0 Å². The molecule has 21 heavy (non-hydrogen) atoms. The van der Waals surface area contributed by atoms with Crippen molar-refractivity contribution in [2.45, 2.75) is 32.4 Å². The number of thiazole rings is 1. The Labute approximate surface area is 129 Å². The number of hydrogen-bond acceptors (Lipinski definition) is 4. The van der Waals surface area contributed by atoms with Crippen LogP contribution in [0.3, 0.4) is 0 Å². The Morgan fingerprint density at radius 2 is 2.10 bits per heavy atom. The summed E-state index contributed by atoms with van der Waals surface area (Å²) in [4.78, 5) is 4.35. The lowest BCUT2D eigenvalue weighted by Gasteiger charge is -2.55. The van der Waals surface area contributed by atoms with Gasteiger partial charge in [-0.15, -0.1) is 11.3 Å². The standard InChI is InChI=1S/C17H20N2OS/c1-17(2)14(13-7-9-20-15(13)17)19-12-5-3-11(4-6-12)16-18-8-10-21-16/h3-6,8,10,13-15,19H,7,9H2,1-2H3. The summed E-state index contributed by atoms with van der Waals surface area (Å²) in [5.41, 5.74) is 2.60.